The van der Waals surface area contributed by atoms with Crippen LogP contribution in [0.5, 0.6) is 0 Å². The molecule has 0 bridgehead atoms. The second kappa shape index (κ2) is 6.86. The molecule has 1 fully saturated rings. The van der Waals surface area contributed by atoms with Crippen molar-refractivity contribution in [3.8, 4) is 0 Å². The predicted octanol–water partition coefficient (Wildman–Crippen LogP) is 0.924. The Hall–Kier alpha value is -0.610. The van der Waals surface area contributed by atoms with Crippen molar-refractivity contribution in [1.82, 2.24) is 5.32 Å². The molecule has 1 saturated carbocycles. The molecule has 1 aliphatic rings. The Morgan fingerprint density at radius 3 is 2.81 bits per heavy atom. The molecular formula is C12H24N2O2. The van der Waals surface area contributed by atoms with Gasteiger partial charge >= 0.3 is 0 Å². The van der Waals surface area contributed by atoms with Crippen LogP contribution in [0.2, 0.25) is 0 Å². The van der Waals surface area contributed by atoms with Gasteiger partial charge in [0.25, 0.3) is 0 Å². The topological polar surface area (TPSA) is 75.4 Å². The number of carbonyl (C=O) groups is 1. The number of aliphatic hydroxyl groups is 1. The van der Waals surface area contributed by atoms with E-state index in [-0.39, 0.29) is 11.9 Å². The average Bonchev–Trinajstić information content (AvgIpc) is 2.28. The maximum absolute atomic E-state index is 11.7. The van der Waals surface area contributed by atoms with E-state index in [0.717, 1.165) is 44.9 Å². The van der Waals surface area contributed by atoms with Crippen molar-refractivity contribution in [2.45, 2.75) is 70.1 Å². The molecule has 4 nitrogen and oxygen atoms in total. The van der Waals surface area contributed by atoms with Crippen molar-refractivity contribution in [2.75, 3.05) is 0 Å². The number of nitrogens with two attached hydrogens (primary N) is 1. The first-order valence-corrected chi connectivity index (χ1v) is 6.39. The van der Waals surface area contributed by atoms with Gasteiger partial charge in [-0.2, -0.15) is 0 Å². The van der Waals surface area contributed by atoms with Crippen molar-refractivity contribution >= 4 is 5.91 Å². The fraction of sp³-hybridized carbons (Fsp3) is 0.917. The molecule has 0 aromatic carbocycles. The maximum atomic E-state index is 11.7. The summed E-state index contributed by atoms with van der Waals surface area (Å²) in [7, 11) is 0. The monoisotopic (exact) mass is 228 g/mol. The lowest BCUT2D eigenvalue weighted by Gasteiger charge is -2.29. The van der Waals surface area contributed by atoms with E-state index in [9.17, 15) is 9.90 Å². The first-order valence-electron chi connectivity index (χ1n) is 6.39. The van der Waals surface area contributed by atoms with Crippen LogP contribution < -0.4 is 11.1 Å². The fourth-order valence-corrected chi connectivity index (χ4v) is 2.12. The number of hydrogen-bond acceptors (Lipinski definition) is 3. The molecule has 4 N–H and O–H groups in total. The van der Waals surface area contributed by atoms with Gasteiger partial charge in [-0.05, 0) is 19.3 Å². The van der Waals surface area contributed by atoms with E-state index in [4.69, 9.17) is 5.73 Å². The van der Waals surface area contributed by atoms with E-state index in [0.29, 0.717) is 0 Å². The summed E-state index contributed by atoms with van der Waals surface area (Å²) in [6.45, 7) is 2.08. The summed E-state index contributed by atoms with van der Waals surface area (Å²) in [5.41, 5.74) is 5.77. The summed E-state index contributed by atoms with van der Waals surface area (Å²) >= 11 is 0. The number of hydrogen-bond donors (Lipinski definition) is 3. The Kier molecular flexibility index (Phi) is 5.77. The Labute approximate surface area is 97.6 Å². The second-order valence-electron chi connectivity index (χ2n) is 4.72. The van der Waals surface area contributed by atoms with Crippen LogP contribution in [0.3, 0.4) is 0 Å². The zero-order valence-corrected chi connectivity index (χ0v) is 10.1. The van der Waals surface area contributed by atoms with Gasteiger partial charge in [-0.3, -0.25) is 4.79 Å². The molecule has 1 amide bonds. The molecule has 0 saturated heterocycles. The van der Waals surface area contributed by atoms with Crippen LogP contribution >= 0.6 is 0 Å². The minimum atomic E-state index is -0.422. The van der Waals surface area contributed by atoms with Crippen molar-refractivity contribution < 1.29 is 9.90 Å². The Morgan fingerprint density at radius 1 is 1.50 bits per heavy atom. The maximum Gasteiger partial charge on any atom is 0.237 e. The average molecular weight is 228 g/mol. The largest absolute Gasteiger partial charge is 0.391 e. The quantitative estimate of drug-likeness (QED) is 0.655. The van der Waals surface area contributed by atoms with Gasteiger partial charge in [0.2, 0.25) is 5.91 Å². The molecule has 0 aromatic heterocycles. The lowest BCUT2D eigenvalue weighted by Crippen LogP contribution is -2.50. The van der Waals surface area contributed by atoms with Crippen molar-refractivity contribution in [2.24, 2.45) is 5.73 Å². The summed E-state index contributed by atoms with van der Waals surface area (Å²) in [6, 6.07) is -0.511. The van der Waals surface area contributed by atoms with E-state index in [1.807, 2.05) is 0 Å². The van der Waals surface area contributed by atoms with E-state index in [1.165, 1.54) is 0 Å². The number of rotatable bonds is 5. The molecule has 3 atom stereocenters. The highest BCUT2D eigenvalue weighted by atomic mass is 16.3. The molecule has 0 unspecified atom stereocenters. The summed E-state index contributed by atoms with van der Waals surface area (Å²) in [6.07, 6.45) is 6.14. The molecule has 1 rings (SSSR count). The lowest BCUT2D eigenvalue weighted by molar-refractivity contribution is -0.124. The number of unbranched alkanes of at least 4 members (excludes halogenated alkanes) is 1. The number of nitrogens with one attached hydrogen (secondary N) is 1. The van der Waals surface area contributed by atoms with E-state index in [1.54, 1.807) is 0 Å². The van der Waals surface area contributed by atoms with E-state index in [2.05, 4.69) is 12.2 Å². The van der Waals surface area contributed by atoms with Gasteiger partial charge in [0.15, 0.2) is 0 Å². The van der Waals surface area contributed by atoms with Crippen molar-refractivity contribution in [3.63, 3.8) is 0 Å². The first kappa shape index (κ1) is 13.5. The smallest absolute Gasteiger partial charge is 0.237 e. The molecule has 0 aromatic rings. The molecule has 0 heterocycles. The van der Waals surface area contributed by atoms with Crippen LogP contribution in [0.25, 0.3) is 0 Å². The summed E-state index contributed by atoms with van der Waals surface area (Å²) in [5.74, 6) is -0.112. The van der Waals surface area contributed by atoms with Crippen LogP contribution in [-0.2, 0) is 4.79 Å². The molecule has 4 heteroatoms. The van der Waals surface area contributed by atoms with Gasteiger partial charge in [-0.25, -0.2) is 0 Å². The third kappa shape index (κ3) is 4.10. The van der Waals surface area contributed by atoms with Crippen LogP contribution in [-0.4, -0.2) is 29.2 Å². The zero-order chi connectivity index (χ0) is 12.0. The number of amides is 1. The highest BCUT2D eigenvalue weighted by Gasteiger charge is 2.25. The lowest BCUT2D eigenvalue weighted by atomic mass is 9.92. The first-order chi connectivity index (χ1) is 7.65. The minimum Gasteiger partial charge on any atom is -0.391 e. The van der Waals surface area contributed by atoms with Gasteiger partial charge < -0.3 is 16.2 Å². The SMILES string of the molecule is CCCC[C@H](N)C(=O)N[C@H]1CCCC[C@@H]1O. The Bertz CT molecular complexity index is 221. The van der Waals surface area contributed by atoms with E-state index < -0.39 is 12.1 Å². The number of aliphatic hydroxyl groups excluding tert-OH is 1. The third-order valence-electron chi connectivity index (χ3n) is 3.26. The van der Waals surface area contributed by atoms with Crippen LogP contribution in [0.4, 0.5) is 0 Å². The predicted molar refractivity (Wildman–Crippen MR) is 63.9 cm³/mol. The van der Waals surface area contributed by atoms with Gasteiger partial charge in [-0.15, -0.1) is 0 Å². The van der Waals surface area contributed by atoms with Gasteiger partial charge in [0.1, 0.15) is 0 Å². The molecule has 1 aliphatic carbocycles. The van der Waals surface area contributed by atoms with Crippen molar-refractivity contribution in [1.29, 1.82) is 0 Å². The highest BCUT2D eigenvalue weighted by molar-refractivity contribution is 5.81. The zero-order valence-electron chi connectivity index (χ0n) is 10.1. The molecule has 94 valence electrons. The summed E-state index contributed by atoms with van der Waals surface area (Å²) < 4.78 is 0. The molecule has 16 heavy (non-hydrogen) atoms. The third-order valence-corrected chi connectivity index (χ3v) is 3.26. The van der Waals surface area contributed by atoms with Crippen LogP contribution in [0.1, 0.15) is 51.9 Å². The van der Waals surface area contributed by atoms with Gasteiger partial charge in [-0.1, -0.05) is 32.6 Å². The normalized spacial score (nSPS) is 27.4. The molecule has 0 spiro atoms. The van der Waals surface area contributed by atoms with Gasteiger partial charge in [0.05, 0.1) is 18.2 Å². The minimum absolute atomic E-state index is 0.0890. The summed E-state index contributed by atoms with van der Waals surface area (Å²) in [5, 5.41) is 12.6. The van der Waals surface area contributed by atoms with E-state index >= 15 is 0 Å². The standard InChI is InChI=1S/C12H24N2O2/c1-2-3-6-9(13)12(16)14-10-7-4-5-8-11(10)15/h9-11,15H,2-8,13H2,1H3,(H,14,16)/t9-,10-,11-/m0/s1. The molecular weight excluding hydrogens is 204 g/mol. The Morgan fingerprint density at radius 2 is 2.19 bits per heavy atom. The van der Waals surface area contributed by atoms with Crippen LogP contribution in [0.15, 0.2) is 0 Å². The summed E-state index contributed by atoms with van der Waals surface area (Å²) in [4.78, 5) is 11.7. The Balaban J connectivity index is 2.31. The molecule has 0 radical (unpaired) electrons. The number of carbonyl (C=O) groups excluding carboxylic acids is 1. The molecule has 0 aliphatic heterocycles. The second-order valence-corrected chi connectivity index (χ2v) is 4.72. The van der Waals surface area contributed by atoms with Crippen LogP contribution in [0, 0.1) is 0 Å². The fourth-order valence-electron chi connectivity index (χ4n) is 2.12. The van der Waals surface area contributed by atoms with Crippen molar-refractivity contribution in [3.05, 3.63) is 0 Å². The van der Waals surface area contributed by atoms with Gasteiger partial charge in [0, 0.05) is 0 Å². The highest BCUT2D eigenvalue weighted by Crippen LogP contribution is 2.18.